The van der Waals surface area contributed by atoms with Crippen molar-refractivity contribution < 1.29 is 8.78 Å². The van der Waals surface area contributed by atoms with Crippen molar-refractivity contribution in [2.45, 2.75) is 37.4 Å². The van der Waals surface area contributed by atoms with Gasteiger partial charge in [-0.05, 0) is 37.0 Å². The molecule has 0 radical (unpaired) electrons. The minimum Gasteiger partial charge on any atom is -0.328 e. The van der Waals surface area contributed by atoms with E-state index in [4.69, 9.17) is 5.73 Å². The lowest BCUT2D eigenvalue weighted by Gasteiger charge is -2.19. The van der Waals surface area contributed by atoms with Gasteiger partial charge in [-0.25, -0.2) is 8.78 Å². The molecule has 2 N–H and O–H groups in total. The largest absolute Gasteiger partial charge is 0.328 e. The zero-order valence-corrected chi connectivity index (χ0v) is 8.55. The van der Waals surface area contributed by atoms with Gasteiger partial charge in [0.2, 0.25) is 0 Å². The lowest BCUT2D eigenvalue weighted by atomic mass is 9.94. The monoisotopic (exact) mass is 211 g/mol. The molecule has 0 spiro atoms. The van der Waals surface area contributed by atoms with Crippen LogP contribution in [0.5, 0.6) is 0 Å². The van der Waals surface area contributed by atoms with Crippen molar-refractivity contribution in [3.05, 3.63) is 35.6 Å². The SMILES string of the molecule is NC1CCC(F)(Cc2ccc(F)cc2)C1. The van der Waals surface area contributed by atoms with E-state index in [0.29, 0.717) is 19.3 Å². The fourth-order valence-corrected chi connectivity index (χ4v) is 2.25. The second-order valence-corrected chi connectivity index (χ2v) is 4.46. The lowest BCUT2D eigenvalue weighted by Crippen LogP contribution is -2.25. The second-order valence-electron chi connectivity index (χ2n) is 4.46. The first-order valence-corrected chi connectivity index (χ1v) is 5.26. The average Bonchev–Trinajstić information content (AvgIpc) is 2.50. The molecule has 2 rings (SSSR count). The van der Waals surface area contributed by atoms with E-state index in [-0.39, 0.29) is 11.9 Å². The Morgan fingerprint density at radius 3 is 2.53 bits per heavy atom. The molecule has 0 bridgehead atoms. The van der Waals surface area contributed by atoms with E-state index in [1.807, 2.05) is 0 Å². The van der Waals surface area contributed by atoms with Crippen LogP contribution in [-0.4, -0.2) is 11.7 Å². The molecular formula is C12H15F2N. The number of halogens is 2. The fourth-order valence-electron chi connectivity index (χ4n) is 2.25. The number of alkyl halides is 1. The Labute approximate surface area is 88.3 Å². The minimum atomic E-state index is -1.18. The molecule has 1 nitrogen and oxygen atoms in total. The highest BCUT2D eigenvalue weighted by atomic mass is 19.1. The maximum Gasteiger partial charge on any atom is 0.123 e. The zero-order chi connectivity index (χ0) is 10.9. The van der Waals surface area contributed by atoms with E-state index in [0.717, 1.165) is 12.0 Å². The summed E-state index contributed by atoms with van der Waals surface area (Å²) in [6.07, 6.45) is 2.04. The molecule has 1 aromatic rings. The Morgan fingerprint density at radius 2 is 2.00 bits per heavy atom. The summed E-state index contributed by atoms with van der Waals surface area (Å²) in [7, 11) is 0. The summed E-state index contributed by atoms with van der Waals surface area (Å²) in [6, 6.07) is 6.00. The Hall–Kier alpha value is -0.960. The molecule has 0 aliphatic heterocycles. The lowest BCUT2D eigenvalue weighted by molar-refractivity contribution is 0.170. The van der Waals surface area contributed by atoms with Crippen LogP contribution in [0.15, 0.2) is 24.3 Å². The summed E-state index contributed by atoms with van der Waals surface area (Å²) >= 11 is 0. The predicted octanol–water partition coefficient (Wildman–Crippen LogP) is 2.59. The first-order valence-electron chi connectivity index (χ1n) is 5.26. The molecule has 1 aromatic carbocycles. The molecule has 1 fully saturated rings. The molecular weight excluding hydrogens is 196 g/mol. The van der Waals surface area contributed by atoms with Crippen molar-refractivity contribution in [1.29, 1.82) is 0 Å². The van der Waals surface area contributed by atoms with Gasteiger partial charge in [-0.2, -0.15) is 0 Å². The van der Waals surface area contributed by atoms with Crippen LogP contribution in [0.2, 0.25) is 0 Å². The summed E-state index contributed by atoms with van der Waals surface area (Å²) < 4.78 is 26.8. The molecule has 0 heterocycles. The van der Waals surface area contributed by atoms with Crippen LogP contribution in [0.1, 0.15) is 24.8 Å². The number of nitrogens with two attached hydrogens (primary N) is 1. The molecule has 2 atom stereocenters. The third-order valence-corrected chi connectivity index (χ3v) is 3.03. The first kappa shape index (κ1) is 10.6. The van der Waals surface area contributed by atoms with E-state index < -0.39 is 5.67 Å². The quantitative estimate of drug-likeness (QED) is 0.799. The maximum atomic E-state index is 14.2. The molecule has 2 unspecified atom stereocenters. The van der Waals surface area contributed by atoms with E-state index >= 15 is 0 Å². The normalized spacial score (nSPS) is 30.7. The summed E-state index contributed by atoms with van der Waals surface area (Å²) in [5.41, 5.74) is 5.35. The fraction of sp³-hybridized carbons (Fsp3) is 0.500. The number of rotatable bonds is 2. The summed E-state index contributed by atoms with van der Waals surface area (Å²) in [5.74, 6) is -0.283. The van der Waals surface area contributed by atoms with Gasteiger partial charge < -0.3 is 5.73 Å². The van der Waals surface area contributed by atoms with Crippen LogP contribution in [0.3, 0.4) is 0 Å². The highest BCUT2D eigenvalue weighted by Gasteiger charge is 2.37. The van der Waals surface area contributed by atoms with Gasteiger partial charge in [0.25, 0.3) is 0 Å². The van der Waals surface area contributed by atoms with E-state index in [9.17, 15) is 8.78 Å². The molecule has 82 valence electrons. The Bertz CT molecular complexity index is 336. The van der Waals surface area contributed by atoms with Crippen LogP contribution in [0, 0.1) is 5.82 Å². The summed E-state index contributed by atoms with van der Waals surface area (Å²) in [6.45, 7) is 0. The Kier molecular flexibility index (Phi) is 2.74. The highest BCUT2D eigenvalue weighted by Crippen LogP contribution is 2.35. The van der Waals surface area contributed by atoms with Crippen LogP contribution in [-0.2, 0) is 6.42 Å². The second kappa shape index (κ2) is 3.89. The minimum absolute atomic E-state index is 0.0181. The van der Waals surface area contributed by atoms with Gasteiger partial charge >= 0.3 is 0 Å². The molecule has 1 aliphatic rings. The van der Waals surface area contributed by atoms with Crippen molar-refractivity contribution in [3.63, 3.8) is 0 Å². The summed E-state index contributed by atoms with van der Waals surface area (Å²) in [5, 5.41) is 0. The molecule has 0 aromatic heterocycles. The first-order chi connectivity index (χ1) is 7.07. The van der Waals surface area contributed by atoms with E-state index in [1.54, 1.807) is 12.1 Å². The molecule has 1 aliphatic carbocycles. The summed E-state index contributed by atoms with van der Waals surface area (Å²) in [4.78, 5) is 0. The third kappa shape index (κ3) is 2.53. The van der Waals surface area contributed by atoms with Crippen LogP contribution in [0.25, 0.3) is 0 Å². The van der Waals surface area contributed by atoms with Crippen molar-refractivity contribution >= 4 is 0 Å². The van der Waals surface area contributed by atoms with Gasteiger partial charge in [0.1, 0.15) is 11.5 Å². The van der Waals surface area contributed by atoms with Crippen molar-refractivity contribution in [3.8, 4) is 0 Å². The van der Waals surface area contributed by atoms with Gasteiger partial charge in [-0.15, -0.1) is 0 Å². The van der Waals surface area contributed by atoms with Crippen LogP contribution >= 0.6 is 0 Å². The van der Waals surface area contributed by atoms with Crippen molar-refractivity contribution in [2.24, 2.45) is 5.73 Å². The van der Waals surface area contributed by atoms with Crippen LogP contribution < -0.4 is 5.73 Å². The van der Waals surface area contributed by atoms with Crippen LogP contribution in [0.4, 0.5) is 8.78 Å². The van der Waals surface area contributed by atoms with Gasteiger partial charge in [-0.1, -0.05) is 12.1 Å². The molecule has 0 amide bonds. The standard InChI is InChI=1S/C12H15F2N/c13-10-3-1-9(2-4-10)7-12(14)6-5-11(15)8-12/h1-4,11H,5-8,15H2. The number of benzene rings is 1. The van der Waals surface area contributed by atoms with Crippen molar-refractivity contribution in [2.75, 3.05) is 0 Å². The van der Waals surface area contributed by atoms with Crippen molar-refractivity contribution in [1.82, 2.24) is 0 Å². The zero-order valence-electron chi connectivity index (χ0n) is 8.55. The average molecular weight is 211 g/mol. The van der Waals surface area contributed by atoms with Gasteiger partial charge in [0.05, 0.1) is 0 Å². The topological polar surface area (TPSA) is 26.0 Å². The molecule has 0 saturated heterocycles. The predicted molar refractivity (Wildman–Crippen MR) is 55.8 cm³/mol. The number of hydrogen-bond donors (Lipinski definition) is 1. The number of hydrogen-bond acceptors (Lipinski definition) is 1. The molecule has 1 saturated carbocycles. The Balaban J connectivity index is 2.05. The maximum absolute atomic E-state index is 14.2. The van der Waals surface area contributed by atoms with Gasteiger partial charge in [-0.3, -0.25) is 0 Å². The smallest absolute Gasteiger partial charge is 0.123 e. The van der Waals surface area contributed by atoms with Gasteiger partial charge in [0, 0.05) is 12.5 Å². The third-order valence-electron chi connectivity index (χ3n) is 3.03. The molecule has 15 heavy (non-hydrogen) atoms. The van der Waals surface area contributed by atoms with E-state index in [1.165, 1.54) is 12.1 Å². The van der Waals surface area contributed by atoms with E-state index in [2.05, 4.69) is 0 Å². The molecule has 3 heteroatoms. The highest BCUT2D eigenvalue weighted by molar-refractivity contribution is 5.19. The van der Waals surface area contributed by atoms with Gasteiger partial charge in [0.15, 0.2) is 0 Å². The Morgan fingerprint density at radius 1 is 1.33 bits per heavy atom.